The normalized spacial score (nSPS) is 16.0. The fourth-order valence-corrected chi connectivity index (χ4v) is 5.25. The zero-order chi connectivity index (χ0) is 22.9. The molecule has 1 saturated heterocycles. The van der Waals surface area contributed by atoms with E-state index in [2.05, 4.69) is 62.1 Å². The summed E-state index contributed by atoms with van der Waals surface area (Å²) in [7, 11) is 1.90. The highest BCUT2D eigenvalue weighted by Gasteiger charge is 2.23. The Morgan fingerprint density at radius 2 is 2.12 bits per heavy atom. The van der Waals surface area contributed by atoms with Gasteiger partial charge in [-0.2, -0.15) is 10.2 Å². The van der Waals surface area contributed by atoms with Gasteiger partial charge in [0.05, 0.1) is 24.1 Å². The number of H-pyrrole nitrogens is 1. The number of hydrogen-bond donors (Lipinski definition) is 1. The van der Waals surface area contributed by atoms with Crippen LogP contribution in [-0.4, -0.2) is 52.0 Å². The van der Waals surface area contributed by atoms with Crippen molar-refractivity contribution in [3.8, 4) is 17.2 Å². The Hall–Kier alpha value is -2.76. The minimum absolute atomic E-state index is 0.160. The van der Waals surface area contributed by atoms with Gasteiger partial charge in [-0.3, -0.25) is 18.9 Å². The second-order valence-corrected chi connectivity index (χ2v) is 9.61. The number of benzene rings is 1. The number of aryl methyl sites for hydroxylation is 3. The van der Waals surface area contributed by atoms with E-state index in [-0.39, 0.29) is 6.10 Å². The standard InChI is InChI=1S/C22H26N8OS2/c1-14-6-7-18(15(2)11-14)30-19(23-25-21(30)32)13-33-22-26-24-20(17-8-9-28(3)27-17)29(22)12-16-5-4-10-31-16/h6-9,11,16H,4-5,10,12-13H2,1-3H3,(H,25,32). The predicted molar refractivity (Wildman–Crippen MR) is 129 cm³/mol. The monoisotopic (exact) mass is 482 g/mol. The lowest BCUT2D eigenvalue weighted by Gasteiger charge is -2.14. The molecule has 0 spiro atoms. The summed E-state index contributed by atoms with van der Waals surface area (Å²) in [6.07, 6.45) is 4.19. The maximum atomic E-state index is 5.90. The summed E-state index contributed by atoms with van der Waals surface area (Å²) in [5.74, 6) is 2.18. The van der Waals surface area contributed by atoms with Gasteiger partial charge in [-0.05, 0) is 56.6 Å². The topological polar surface area (TPSA) is 91.4 Å². The highest BCUT2D eigenvalue weighted by Crippen LogP contribution is 2.28. The minimum Gasteiger partial charge on any atom is -0.376 e. The van der Waals surface area contributed by atoms with E-state index in [0.29, 0.717) is 17.1 Å². The molecule has 4 heterocycles. The summed E-state index contributed by atoms with van der Waals surface area (Å²) < 4.78 is 12.4. The Balaban J connectivity index is 1.45. The predicted octanol–water partition coefficient (Wildman–Crippen LogP) is 4.01. The molecule has 5 rings (SSSR count). The molecule has 0 amide bonds. The molecule has 0 saturated carbocycles. The molecule has 0 aliphatic carbocycles. The fraction of sp³-hybridized carbons (Fsp3) is 0.409. The van der Waals surface area contributed by atoms with Crippen LogP contribution in [0.1, 0.15) is 29.8 Å². The average molecular weight is 483 g/mol. The van der Waals surface area contributed by atoms with E-state index in [0.717, 1.165) is 53.2 Å². The van der Waals surface area contributed by atoms with Gasteiger partial charge in [0.1, 0.15) is 11.5 Å². The Bertz CT molecular complexity index is 1330. The first-order valence-electron chi connectivity index (χ1n) is 10.9. The average Bonchev–Trinajstić information content (AvgIpc) is 3.57. The fourth-order valence-electron chi connectivity index (χ4n) is 4.14. The van der Waals surface area contributed by atoms with Crippen molar-refractivity contribution in [3.63, 3.8) is 0 Å². The first-order valence-corrected chi connectivity index (χ1v) is 12.3. The zero-order valence-electron chi connectivity index (χ0n) is 18.9. The molecule has 3 aromatic heterocycles. The second kappa shape index (κ2) is 9.24. The molecule has 1 aliphatic heterocycles. The highest BCUT2D eigenvalue weighted by molar-refractivity contribution is 7.98. The van der Waals surface area contributed by atoms with E-state index in [1.807, 2.05) is 23.9 Å². The van der Waals surface area contributed by atoms with E-state index in [1.165, 1.54) is 5.56 Å². The van der Waals surface area contributed by atoms with Crippen LogP contribution in [0.15, 0.2) is 35.6 Å². The van der Waals surface area contributed by atoms with Crippen LogP contribution in [0.5, 0.6) is 0 Å². The van der Waals surface area contributed by atoms with Gasteiger partial charge in [-0.25, -0.2) is 0 Å². The van der Waals surface area contributed by atoms with Crippen LogP contribution in [0, 0.1) is 18.6 Å². The molecular weight excluding hydrogens is 456 g/mol. The highest BCUT2D eigenvalue weighted by atomic mass is 32.2. The summed E-state index contributed by atoms with van der Waals surface area (Å²) >= 11 is 7.13. The number of thioether (sulfide) groups is 1. The van der Waals surface area contributed by atoms with Gasteiger partial charge in [0.2, 0.25) is 0 Å². The van der Waals surface area contributed by atoms with Crippen molar-refractivity contribution in [1.82, 2.24) is 39.3 Å². The lowest BCUT2D eigenvalue weighted by atomic mass is 10.1. The van der Waals surface area contributed by atoms with E-state index >= 15 is 0 Å². The minimum atomic E-state index is 0.160. The molecule has 1 aliphatic rings. The van der Waals surface area contributed by atoms with Crippen molar-refractivity contribution in [1.29, 1.82) is 0 Å². The van der Waals surface area contributed by atoms with Crippen LogP contribution in [-0.2, 0) is 24.1 Å². The van der Waals surface area contributed by atoms with E-state index in [4.69, 9.17) is 17.0 Å². The third-order valence-corrected chi connectivity index (χ3v) is 6.97. The van der Waals surface area contributed by atoms with Crippen molar-refractivity contribution < 1.29 is 4.74 Å². The summed E-state index contributed by atoms with van der Waals surface area (Å²) in [5.41, 5.74) is 4.20. The van der Waals surface area contributed by atoms with Gasteiger partial charge < -0.3 is 4.74 Å². The molecule has 1 fully saturated rings. The number of nitrogens with zero attached hydrogens (tertiary/aromatic N) is 7. The van der Waals surface area contributed by atoms with Crippen LogP contribution in [0.2, 0.25) is 0 Å². The lowest BCUT2D eigenvalue weighted by molar-refractivity contribution is 0.0953. The number of ether oxygens (including phenoxy) is 1. The van der Waals surface area contributed by atoms with Crippen LogP contribution < -0.4 is 0 Å². The third-order valence-electron chi connectivity index (χ3n) is 5.74. The molecule has 1 aromatic carbocycles. The SMILES string of the molecule is Cc1ccc(-n2c(CSc3nnc(-c4ccn(C)n4)n3CC3CCCO3)n[nH]c2=S)c(C)c1. The first-order chi connectivity index (χ1) is 16.0. The Morgan fingerprint density at radius 3 is 2.85 bits per heavy atom. The number of aromatic amines is 1. The summed E-state index contributed by atoms with van der Waals surface area (Å²) in [6, 6.07) is 8.28. The Morgan fingerprint density at radius 1 is 1.24 bits per heavy atom. The van der Waals surface area contributed by atoms with E-state index in [9.17, 15) is 0 Å². The second-order valence-electron chi connectivity index (χ2n) is 8.29. The van der Waals surface area contributed by atoms with Gasteiger partial charge in [0.25, 0.3) is 0 Å². The van der Waals surface area contributed by atoms with Crippen molar-refractivity contribution in [2.45, 2.75) is 50.2 Å². The summed E-state index contributed by atoms with van der Waals surface area (Å²) in [6.45, 7) is 5.68. The molecule has 172 valence electrons. The molecule has 9 nitrogen and oxygen atoms in total. The summed E-state index contributed by atoms with van der Waals surface area (Å²) in [4.78, 5) is 0. The third kappa shape index (κ3) is 4.53. The van der Waals surface area contributed by atoms with Crippen molar-refractivity contribution in [2.24, 2.45) is 7.05 Å². The summed E-state index contributed by atoms with van der Waals surface area (Å²) in [5, 5.41) is 21.8. The van der Waals surface area contributed by atoms with Crippen molar-refractivity contribution >= 4 is 24.0 Å². The van der Waals surface area contributed by atoms with Crippen LogP contribution in [0.3, 0.4) is 0 Å². The molecule has 0 radical (unpaired) electrons. The number of nitrogens with one attached hydrogen (secondary N) is 1. The first kappa shape index (κ1) is 22.1. The Labute approximate surface area is 201 Å². The molecule has 11 heteroatoms. The number of aromatic nitrogens is 8. The van der Waals surface area contributed by atoms with Gasteiger partial charge in [-0.15, -0.1) is 10.2 Å². The smallest absolute Gasteiger partial charge is 0.199 e. The van der Waals surface area contributed by atoms with Crippen LogP contribution >= 0.6 is 24.0 Å². The van der Waals surface area contributed by atoms with Crippen molar-refractivity contribution in [2.75, 3.05) is 6.61 Å². The molecule has 33 heavy (non-hydrogen) atoms. The van der Waals surface area contributed by atoms with Gasteiger partial charge >= 0.3 is 0 Å². The molecular formula is C22H26N8OS2. The van der Waals surface area contributed by atoms with Gasteiger partial charge in [0, 0.05) is 19.9 Å². The van der Waals surface area contributed by atoms with Crippen LogP contribution in [0.4, 0.5) is 0 Å². The Kier molecular flexibility index (Phi) is 6.17. The van der Waals surface area contributed by atoms with E-state index < -0.39 is 0 Å². The lowest BCUT2D eigenvalue weighted by Crippen LogP contribution is -2.17. The van der Waals surface area contributed by atoms with Crippen molar-refractivity contribution in [3.05, 3.63) is 52.2 Å². The molecule has 4 aromatic rings. The zero-order valence-corrected chi connectivity index (χ0v) is 20.5. The van der Waals surface area contributed by atoms with E-state index in [1.54, 1.807) is 16.4 Å². The largest absolute Gasteiger partial charge is 0.376 e. The molecule has 1 unspecified atom stereocenters. The van der Waals surface area contributed by atoms with Gasteiger partial charge in [0.15, 0.2) is 15.8 Å². The number of rotatable bonds is 7. The molecule has 1 atom stereocenters. The maximum Gasteiger partial charge on any atom is 0.199 e. The quantitative estimate of drug-likeness (QED) is 0.314. The van der Waals surface area contributed by atoms with Crippen LogP contribution in [0.25, 0.3) is 17.2 Å². The molecule has 1 N–H and O–H groups in total. The van der Waals surface area contributed by atoms with Gasteiger partial charge in [-0.1, -0.05) is 29.5 Å². The maximum absolute atomic E-state index is 5.90. The molecule has 0 bridgehead atoms. The number of hydrogen-bond acceptors (Lipinski definition) is 7.